The third kappa shape index (κ3) is 4.43. The second-order valence-corrected chi connectivity index (χ2v) is 6.25. The highest BCUT2D eigenvalue weighted by Gasteiger charge is 2.25. The van der Waals surface area contributed by atoms with Gasteiger partial charge in [-0.1, -0.05) is 30.3 Å². The number of hydrogen-bond acceptors (Lipinski definition) is 5. The summed E-state index contributed by atoms with van der Waals surface area (Å²) in [5, 5.41) is 8.32. The number of ether oxygens (including phenoxy) is 1. The van der Waals surface area contributed by atoms with Gasteiger partial charge in [-0.25, -0.2) is 5.01 Å². The number of nitrogens with zero attached hydrogens (tertiary/aromatic N) is 3. The van der Waals surface area contributed by atoms with E-state index in [-0.39, 0.29) is 17.9 Å². The fourth-order valence-corrected chi connectivity index (χ4v) is 3.15. The lowest BCUT2D eigenvalue weighted by Gasteiger charge is -2.35. The Bertz CT molecular complexity index is 641. The zero-order valence-corrected chi connectivity index (χ0v) is 14.5. The first-order chi connectivity index (χ1) is 12.1. The number of benzene rings is 1. The summed E-state index contributed by atoms with van der Waals surface area (Å²) < 4.78 is 5.44. The van der Waals surface area contributed by atoms with Gasteiger partial charge in [0.15, 0.2) is 0 Å². The summed E-state index contributed by atoms with van der Waals surface area (Å²) in [7, 11) is 1.58. The van der Waals surface area contributed by atoms with Crippen LogP contribution in [0.3, 0.4) is 0 Å². The van der Waals surface area contributed by atoms with E-state index in [1.807, 2.05) is 18.2 Å². The van der Waals surface area contributed by atoms with Gasteiger partial charge < -0.3 is 10.1 Å². The lowest BCUT2D eigenvalue weighted by Crippen LogP contribution is -2.45. The molecule has 1 N–H and O–H groups in total. The largest absolute Gasteiger partial charge is 0.379 e. The zero-order valence-electron chi connectivity index (χ0n) is 14.5. The number of amides is 2. The molecule has 1 saturated heterocycles. The van der Waals surface area contributed by atoms with E-state index in [1.54, 1.807) is 7.05 Å². The number of carbonyl (C=O) groups excluding carboxylic acids is 2. The van der Waals surface area contributed by atoms with Crippen LogP contribution in [0.4, 0.5) is 0 Å². The molecule has 1 aromatic carbocycles. The maximum absolute atomic E-state index is 12.4. The molecule has 25 heavy (non-hydrogen) atoms. The van der Waals surface area contributed by atoms with E-state index in [1.165, 1.54) is 10.6 Å². The Morgan fingerprint density at radius 2 is 1.96 bits per heavy atom. The molecule has 0 spiro atoms. The molecule has 1 atom stereocenters. The van der Waals surface area contributed by atoms with Crippen LogP contribution < -0.4 is 5.32 Å². The normalized spacial score (nSPS) is 20.1. The van der Waals surface area contributed by atoms with E-state index in [0.29, 0.717) is 38.3 Å². The number of hydrazone groups is 1. The van der Waals surface area contributed by atoms with Crippen molar-refractivity contribution in [3.63, 3.8) is 0 Å². The number of carbonyl (C=O) groups is 2. The summed E-state index contributed by atoms with van der Waals surface area (Å²) in [5.74, 6) is -0.263. The monoisotopic (exact) mass is 344 g/mol. The summed E-state index contributed by atoms with van der Waals surface area (Å²) in [4.78, 5) is 26.3. The lowest BCUT2D eigenvalue weighted by atomic mass is 10.0. The van der Waals surface area contributed by atoms with Crippen molar-refractivity contribution in [1.82, 2.24) is 15.2 Å². The highest BCUT2D eigenvalue weighted by atomic mass is 16.5. The first kappa shape index (κ1) is 17.6. The molecule has 0 bridgehead atoms. The minimum Gasteiger partial charge on any atom is -0.379 e. The van der Waals surface area contributed by atoms with Gasteiger partial charge >= 0.3 is 0 Å². The minimum atomic E-state index is -0.200. The molecule has 134 valence electrons. The Labute approximate surface area is 147 Å². The van der Waals surface area contributed by atoms with Crippen LogP contribution in [0.5, 0.6) is 0 Å². The highest BCUT2D eigenvalue weighted by Crippen LogP contribution is 2.21. The molecule has 3 rings (SSSR count). The fourth-order valence-electron chi connectivity index (χ4n) is 3.15. The summed E-state index contributed by atoms with van der Waals surface area (Å²) in [6, 6.07) is 10.3. The summed E-state index contributed by atoms with van der Waals surface area (Å²) >= 11 is 0. The molecule has 7 heteroatoms. The van der Waals surface area contributed by atoms with Crippen molar-refractivity contribution in [2.24, 2.45) is 5.10 Å². The molecule has 0 aromatic heterocycles. The fraction of sp³-hybridized carbons (Fsp3) is 0.500. The van der Waals surface area contributed by atoms with E-state index < -0.39 is 0 Å². The second kappa shape index (κ2) is 8.22. The Hall–Kier alpha value is -2.25. The third-order valence-corrected chi connectivity index (χ3v) is 4.60. The van der Waals surface area contributed by atoms with Gasteiger partial charge in [0.2, 0.25) is 5.91 Å². The first-order valence-corrected chi connectivity index (χ1v) is 8.64. The maximum atomic E-state index is 12.4. The molecule has 2 amide bonds. The van der Waals surface area contributed by atoms with Gasteiger partial charge in [-0.05, 0) is 5.56 Å². The topological polar surface area (TPSA) is 74.2 Å². The number of morpholine rings is 1. The minimum absolute atomic E-state index is 0.0629. The summed E-state index contributed by atoms with van der Waals surface area (Å²) in [6.45, 7) is 3.59. The Balaban J connectivity index is 1.67. The molecule has 2 aliphatic rings. The van der Waals surface area contributed by atoms with Crippen LogP contribution in [0.25, 0.3) is 0 Å². The smallest absolute Gasteiger partial charge is 0.267 e. The van der Waals surface area contributed by atoms with E-state index in [0.717, 1.165) is 13.1 Å². The van der Waals surface area contributed by atoms with Gasteiger partial charge in [-0.3, -0.25) is 14.5 Å². The predicted molar refractivity (Wildman–Crippen MR) is 94.0 cm³/mol. The first-order valence-electron chi connectivity index (χ1n) is 8.64. The summed E-state index contributed by atoms with van der Waals surface area (Å²) in [5.41, 5.74) is 1.58. The molecule has 1 fully saturated rings. The molecule has 2 aliphatic heterocycles. The lowest BCUT2D eigenvalue weighted by molar-refractivity contribution is -0.130. The van der Waals surface area contributed by atoms with Gasteiger partial charge in [-0.15, -0.1) is 0 Å². The van der Waals surface area contributed by atoms with Crippen LogP contribution in [0.1, 0.15) is 24.4 Å². The van der Waals surface area contributed by atoms with Crippen molar-refractivity contribution in [3.8, 4) is 0 Å². The van der Waals surface area contributed by atoms with Crippen molar-refractivity contribution in [1.29, 1.82) is 0 Å². The van der Waals surface area contributed by atoms with Gasteiger partial charge in [0, 0.05) is 39.5 Å². The Kier molecular flexibility index (Phi) is 5.78. The molecule has 7 nitrogen and oxygen atoms in total. The molecule has 0 radical (unpaired) electrons. The SMILES string of the molecule is CN1N=C(C(=O)NC[C@H](c2ccccc2)N2CCOCC2)CCC1=O. The molecule has 0 aliphatic carbocycles. The Morgan fingerprint density at radius 1 is 1.24 bits per heavy atom. The maximum Gasteiger partial charge on any atom is 0.267 e. The molecular formula is C18H24N4O3. The van der Waals surface area contributed by atoms with E-state index in [9.17, 15) is 9.59 Å². The zero-order chi connectivity index (χ0) is 17.6. The van der Waals surface area contributed by atoms with Crippen LogP contribution in [-0.4, -0.2) is 67.3 Å². The van der Waals surface area contributed by atoms with Crippen molar-refractivity contribution in [3.05, 3.63) is 35.9 Å². The standard InChI is InChI=1S/C18H24N4O3/c1-21-17(23)8-7-15(20-21)18(24)19-13-16(14-5-3-2-4-6-14)22-9-11-25-12-10-22/h2-6,16H,7-13H2,1H3,(H,19,24)/t16-/m1/s1. The third-order valence-electron chi connectivity index (χ3n) is 4.60. The van der Waals surface area contributed by atoms with Crippen molar-refractivity contribution in [2.75, 3.05) is 39.9 Å². The number of hydrogen-bond donors (Lipinski definition) is 1. The molecular weight excluding hydrogens is 320 g/mol. The van der Waals surface area contributed by atoms with E-state index >= 15 is 0 Å². The van der Waals surface area contributed by atoms with Gasteiger partial charge in [-0.2, -0.15) is 5.10 Å². The Morgan fingerprint density at radius 3 is 2.64 bits per heavy atom. The summed E-state index contributed by atoms with van der Waals surface area (Å²) in [6.07, 6.45) is 0.719. The van der Waals surface area contributed by atoms with Crippen LogP contribution in [0.2, 0.25) is 0 Å². The van der Waals surface area contributed by atoms with Crippen LogP contribution in [-0.2, 0) is 14.3 Å². The average molecular weight is 344 g/mol. The average Bonchev–Trinajstić information content (AvgIpc) is 2.66. The van der Waals surface area contributed by atoms with Gasteiger partial charge in [0.05, 0.1) is 19.3 Å². The molecule has 0 unspecified atom stereocenters. The predicted octanol–water partition coefficient (Wildman–Crippen LogP) is 0.784. The van der Waals surface area contributed by atoms with Crippen molar-refractivity contribution in [2.45, 2.75) is 18.9 Å². The molecule has 0 saturated carbocycles. The van der Waals surface area contributed by atoms with E-state index in [2.05, 4.69) is 27.5 Å². The molecule has 1 aromatic rings. The van der Waals surface area contributed by atoms with Crippen molar-refractivity contribution >= 4 is 17.5 Å². The number of rotatable bonds is 5. The van der Waals surface area contributed by atoms with Gasteiger partial charge in [0.25, 0.3) is 5.91 Å². The van der Waals surface area contributed by atoms with Crippen molar-refractivity contribution < 1.29 is 14.3 Å². The quantitative estimate of drug-likeness (QED) is 0.857. The second-order valence-electron chi connectivity index (χ2n) is 6.25. The van der Waals surface area contributed by atoms with E-state index in [4.69, 9.17) is 4.74 Å². The van der Waals surface area contributed by atoms with Crippen LogP contribution >= 0.6 is 0 Å². The van der Waals surface area contributed by atoms with Gasteiger partial charge in [0.1, 0.15) is 5.71 Å². The molecule has 2 heterocycles. The highest BCUT2D eigenvalue weighted by molar-refractivity contribution is 6.39. The number of nitrogens with one attached hydrogen (secondary N) is 1. The van der Waals surface area contributed by atoms with Crippen LogP contribution in [0, 0.1) is 0 Å². The van der Waals surface area contributed by atoms with Crippen LogP contribution in [0.15, 0.2) is 35.4 Å².